The molecular formula is C14H20FNO2. The van der Waals surface area contributed by atoms with Gasteiger partial charge in [-0.15, -0.1) is 0 Å². The molecule has 0 unspecified atom stereocenters. The van der Waals surface area contributed by atoms with E-state index in [2.05, 4.69) is 5.32 Å². The number of nitrogens with one attached hydrogen (secondary N) is 1. The summed E-state index contributed by atoms with van der Waals surface area (Å²) in [5.41, 5.74) is 0.756. The van der Waals surface area contributed by atoms with Gasteiger partial charge in [0.05, 0.1) is 0 Å². The number of aromatic hydroxyl groups is 1. The Balaban J connectivity index is 1.53. The minimum Gasteiger partial charge on any atom is -0.508 e. The molecule has 0 amide bonds. The van der Waals surface area contributed by atoms with Crippen molar-refractivity contribution in [2.24, 2.45) is 5.92 Å². The predicted molar refractivity (Wildman–Crippen MR) is 67.9 cm³/mol. The summed E-state index contributed by atoms with van der Waals surface area (Å²) < 4.78 is 18.5. The first-order chi connectivity index (χ1) is 8.74. The molecule has 0 aliphatic heterocycles. The van der Waals surface area contributed by atoms with E-state index >= 15 is 0 Å². The van der Waals surface area contributed by atoms with E-state index in [4.69, 9.17) is 4.74 Å². The standard InChI is InChI=1S/C14H20FNO2/c15-13-6-12(7-14(17)8-13)9-16-4-1-5-18-10-11-2-3-11/h6-8,11,16-17H,1-5,9-10H2. The third-order valence-electron chi connectivity index (χ3n) is 2.96. The van der Waals surface area contributed by atoms with Crippen LogP contribution < -0.4 is 5.32 Å². The molecule has 0 atom stereocenters. The highest BCUT2D eigenvalue weighted by atomic mass is 19.1. The van der Waals surface area contributed by atoms with E-state index in [-0.39, 0.29) is 5.75 Å². The van der Waals surface area contributed by atoms with Crippen molar-refractivity contribution in [1.82, 2.24) is 5.32 Å². The molecular weight excluding hydrogens is 233 g/mol. The normalized spacial score (nSPS) is 14.9. The Morgan fingerprint density at radius 1 is 1.33 bits per heavy atom. The SMILES string of the molecule is Oc1cc(F)cc(CNCCCOCC2CC2)c1. The van der Waals surface area contributed by atoms with E-state index in [1.807, 2.05) is 0 Å². The second-order valence-corrected chi connectivity index (χ2v) is 4.87. The highest BCUT2D eigenvalue weighted by Crippen LogP contribution is 2.28. The van der Waals surface area contributed by atoms with Crippen LogP contribution in [0.15, 0.2) is 18.2 Å². The average Bonchev–Trinajstić information content (AvgIpc) is 3.10. The van der Waals surface area contributed by atoms with Gasteiger partial charge in [-0.25, -0.2) is 4.39 Å². The minimum absolute atomic E-state index is 0.0282. The van der Waals surface area contributed by atoms with Crippen LogP contribution in [0.25, 0.3) is 0 Å². The van der Waals surface area contributed by atoms with E-state index in [1.165, 1.54) is 18.9 Å². The van der Waals surface area contributed by atoms with E-state index < -0.39 is 5.82 Å². The summed E-state index contributed by atoms with van der Waals surface area (Å²) in [6.07, 6.45) is 3.59. The Kier molecular flexibility index (Phi) is 4.96. The van der Waals surface area contributed by atoms with Crippen molar-refractivity contribution in [3.8, 4) is 5.75 Å². The number of halogens is 1. The fourth-order valence-electron chi connectivity index (χ4n) is 1.80. The number of benzene rings is 1. The van der Waals surface area contributed by atoms with Crippen LogP contribution in [0.4, 0.5) is 4.39 Å². The minimum atomic E-state index is -0.403. The van der Waals surface area contributed by atoms with Gasteiger partial charge in [-0.3, -0.25) is 0 Å². The predicted octanol–water partition coefficient (Wildman–Crippen LogP) is 2.44. The highest BCUT2D eigenvalue weighted by Gasteiger charge is 2.20. The first-order valence-corrected chi connectivity index (χ1v) is 6.51. The van der Waals surface area contributed by atoms with Gasteiger partial charge >= 0.3 is 0 Å². The number of hydrogen-bond donors (Lipinski definition) is 2. The zero-order valence-electron chi connectivity index (χ0n) is 10.5. The van der Waals surface area contributed by atoms with Gasteiger partial charge in [-0.1, -0.05) is 0 Å². The topological polar surface area (TPSA) is 41.5 Å². The van der Waals surface area contributed by atoms with Gasteiger partial charge in [0.2, 0.25) is 0 Å². The first-order valence-electron chi connectivity index (χ1n) is 6.51. The summed E-state index contributed by atoms with van der Waals surface area (Å²) in [6.45, 7) is 3.07. The summed E-state index contributed by atoms with van der Waals surface area (Å²) in [5.74, 6) is 0.382. The maximum absolute atomic E-state index is 13.0. The number of phenols is 1. The van der Waals surface area contributed by atoms with Gasteiger partial charge in [-0.05, 0) is 49.4 Å². The molecule has 2 N–H and O–H groups in total. The molecule has 0 bridgehead atoms. The number of rotatable bonds is 8. The molecule has 0 saturated heterocycles. The molecule has 1 aromatic rings. The largest absolute Gasteiger partial charge is 0.508 e. The van der Waals surface area contributed by atoms with Gasteiger partial charge in [0.1, 0.15) is 11.6 Å². The van der Waals surface area contributed by atoms with Crippen LogP contribution in [-0.2, 0) is 11.3 Å². The summed E-state index contributed by atoms with van der Waals surface area (Å²) in [7, 11) is 0. The number of ether oxygens (including phenoxy) is 1. The zero-order valence-corrected chi connectivity index (χ0v) is 10.5. The van der Waals surface area contributed by atoms with E-state index in [9.17, 15) is 9.50 Å². The van der Waals surface area contributed by atoms with Crippen LogP contribution in [-0.4, -0.2) is 24.9 Å². The van der Waals surface area contributed by atoms with Crippen LogP contribution in [0.3, 0.4) is 0 Å². The lowest BCUT2D eigenvalue weighted by Crippen LogP contribution is -2.16. The molecule has 0 aromatic heterocycles. The molecule has 0 heterocycles. The lowest BCUT2D eigenvalue weighted by atomic mass is 10.2. The summed E-state index contributed by atoms with van der Waals surface area (Å²) in [5, 5.41) is 12.4. The van der Waals surface area contributed by atoms with Crippen molar-refractivity contribution in [3.63, 3.8) is 0 Å². The molecule has 1 aromatic carbocycles. The molecule has 3 nitrogen and oxygen atoms in total. The monoisotopic (exact) mass is 253 g/mol. The van der Waals surface area contributed by atoms with Gasteiger partial charge < -0.3 is 15.2 Å². The molecule has 1 aliphatic rings. The van der Waals surface area contributed by atoms with Gasteiger partial charge in [-0.2, -0.15) is 0 Å². The van der Waals surface area contributed by atoms with Crippen molar-refractivity contribution in [1.29, 1.82) is 0 Å². The van der Waals surface area contributed by atoms with Crippen molar-refractivity contribution in [3.05, 3.63) is 29.6 Å². The first kappa shape index (κ1) is 13.3. The van der Waals surface area contributed by atoms with Crippen molar-refractivity contribution < 1.29 is 14.2 Å². The van der Waals surface area contributed by atoms with Crippen LogP contribution >= 0.6 is 0 Å². The van der Waals surface area contributed by atoms with E-state index in [1.54, 1.807) is 6.07 Å². The quantitative estimate of drug-likeness (QED) is 0.699. The van der Waals surface area contributed by atoms with Crippen LogP contribution in [0.1, 0.15) is 24.8 Å². The van der Waals surface area contributed by atoms with Crippen molar-refractivity contribution >= 4 is 0 Å². The Bertz CT molecular complexity index is 360. The number of hydrogen-bond acceptors (Lipinski definition) is 3. The summed E-state index contributed by atoms with van der Waals surface area (Å²) >= 11 is 0. The smallest absolute Gasteiger partial charge is 0.127 e. The Morgan fingerprint density at radius 2 is 2.17 bits per heavy atom. The molecule has 2 rings (SSSR count). The van der Waals surface area contributed by atoms with Crippen LogP contribution in [0.5, 0.6) is 5.75 Å². The highest BCUT2D eigenvalue weighted by molar-refractivity contribution is 5.28. The second-order valence-electron chi connectivity index (χ2n) is 4.87. The van der Waals surface area contributed by atoms with E-state index in [0.29, 0.717) is 6.54 Å². The fraction of sp³-hybridized carbons (Fsp3) is 0.571. The van der Waals surface area contributed by atoms with Gasteiger partial charge in [0.25, 0.3) is 0 Å². The molecule has 0 spiro atoms. The fourth-order valence-corrected chi connectivity index (χ4v) is 1.80. The summed E-state index contributed by atoms with van der Waals surface area (Å²) in [4.78, 5) is 0. The van der Waals surface area contributed by atoms with Crippen LogP contribution in [0, 0.1) is 11.7 Å². The van der Waals surface area contributed by atoms with Gasteiger partial charge in [0, 0.05) is 25.8 Å². The van der Waals surface area contributed by atoms with Crippen molar-refractivity contribution in [2.45, 2.75) is 25.8 Å². The summed E-state index contributed by atoms with van der Waals surface area (Å²) in [6, 6.07) is 4.10. The Labute approximate surface area is 107 Å². The third kappa shape index (κ3) is 5.02. The lowest BCUT2D eigenvalue weighted by Gasteiger charge is -2.06. The molecule has 1 saturated carbocycles. The zero-order chi connectivity index (χ0) is 12.8. The maximum Gasteiger partial charge on any atom is 0.127 e. The van der Waals surface area contributed by atoms with Gasteiger partial charge in [0.15, 0.2) is 0 Å². The van der Waals surface area contributed by atoms with Crippen LogP contribution in [0.2, 0.25) is 0 Å². The van der Waals surface area contributed by atoms with Crippen molar-refractivity contribution in [2.75, 3.05) is 19.8 Å². The Hall–Kier alpha value is -1.13. The molecule has 4 heteroatoms. The molecule has 100 valence electrons. The lowest BCUT2D eigenvalue weighted by molar-refractivity contribution is 0.122. The number of phenolic OH excluding ortho intramolecular Hbond substituents is 1. The average molecular weight is 253 g/mol. The molecule has 0 radical (unpaired) electrons. The molecule has 18 heavy (non-hydrogen) atoms. The molecule has 1 aliphatic carbocycles. The maximum atomic E-state index is 13.0. The molecule has 1 fully saturated rings. The third-order valence-corrected chi connectivity index (χ3v) is 2.96. The van der Waals surface area contributed by atoms with E-state index in [0.717, 1.165) is 43.7 Å². The Morgan fingerprint density at radius 3 is 2.89 bits per heavy atom. The second kappa shape index (κ2) is 6.71.